The lowest BCUT2D eigenvalue weighted by molar-refractivity contribution is 0.0953. The maximum absolute atomic E-state index is 12.3. The number of anilines is 1. The van der Waals surface area contributed by atoms with Crippen LogP contribution in [0.2, 0.25) is 5.02 Å². The smallest absolute Gasteiger partial charge is 0.251 e. The van der Waals surface area contributed by atoms with Gasteiger partial charge in [-0.15, -0.1) is 0 Å². The summed E-state index contributed by atoms with van der Waals surface area (Å²) in [6, 6.07) is 9.05. The second-order valence-electron chi connectivity index (χ2n) is 5.68. The van der Waals surface area contributed by atoms with Crippen LogP contribution in [-0.2, 0) is 6.42 Å². The lowest BCUT2D eigenvalue weighted by Crippen LogP contribution is -2.26. The van der Waals surface area contributed by atoms with Gasteiger partial charge in [0.25, 0.3) is 5.91 Å². The Balaban J connectivity index is 1.63. The van der Waals surface area contributed by atoms with Gasteiger partial charge in [-0.3, -0.25) is 4.79 Å². The minimum absolute atomic E-state index is 0.136. The molecule has 24 heavy (non-hydrogen) atoms. The number of carbonyl (C=O) groups is 1. The van der Waals surface area contributed by atoms with Crippen LogP contribution in [0.3, 0.4) is 0 Å². The Morgan fingerprint density at radius 3 is 2.88 bits per heavy atom. The molecule has 2 aromatic rings. The maximum Gasteiger partial charge on any atom is 0.251 e. The lowest BCUT2D eigenvalue weighted by atomic mass is 10.1. The second kappa shape index (κ2) is 7.01. The van der Waals surface area contributed by atoms with Gasteiger partial charge in [0.2, 0.25) is 0 Å². The fourth-order valence-electron chi connectivity index (χ4n) is 2.61. The first-order chi connectivity index (χ1) is 11.5. The van der Waals surface area contributed by atoms with Crippen LogP contribution in [0.15, 0.2) is 30.3 Å². The van der Waals surface area contributed by atoms with E-state index in [1.807, 2.05) is 25.1 Å². The van der Waals surface area contributed by atoms with Gasteiger partial charge in [0, 0.05) is 17.8 Å². The summed E-state index contributed by atoms with van der Waals surface area (Å²) in [5.74, 6) is 1.11. The first-order valence-corrected chi connectivity index (χ1v) is 8.15. The number of ether oxygens (including phenoxy) is 2. The van der Waals surface area contributed by atoms with E-state index in [1.54, 1.807) is 12.1 Å². The lowest BCUT2D eigenvalue weighted by Gasteiger charge is -2.20. The minimum atomic E-state index is -0.136. The molecule has 0 aliphatic carbocycles. The number of carbonyl (C=O) groups excluding carboxylic acids is 1. The molecule has 126 valence electrons. The normalized spacial score (nSPS) is 12.8. The fraction of sp³-hybridized carbons (Fsp3) is 0.278. The zero-order valence-electron chi connectivity index (χ0n) is 13.4. The van der Waals surface area contributed by atoms with Crippen molar-refractivity contribution in [3.8, 4) is 11.5 Å². The molecule has 0 aromatic heterocycles. The molecule has 1 aliphatic heterocycles. The van der Waals surface area contributed by atoms with E-state index < -0.39 is 0 Å². The molecule has 6 heteroatoms. The summed E-state index contributed by atoms with van der Waals surface area (Å²) >= 11 is 6.22. The average Bonchev–Trinajstić information content (AvgIpc) is 2.57. The number of halogens is 1. The molecule has 0 atom stereocenters. The number of amides is 1. The molecule has 2 aromatic carbocycles. The molecule has 1 amide bonds. The van der Waals surface area contributed by atoms with Crippen LogP contribution in [0.4, 0.5) is 5.69 Å². The number of fused-ring (bicyclic) bond motifs is 1. The van der Waals surface area contributed by atoms with E-state index in [-0.39, 0.29) is 5.91 Å². The molecule has 3 rings (SSSR count). The molecule has 0 bridgehead atoms. The largest absolute Gasteiger partial charge is 0.486 e. The summed E-state index contributed by atoms with van der Waals surface area (Å²) in [5, 5.41) is 3.43. The van der Waals surface area contributed by atoms with E-state index in [2.05, 4.69) is 5.32 Å². The summed E-state index contributed by atoms with van der Waals surface area (Å²) in [6.45, 7) is 3.39. The molecule has 1 aliphatic rings. The van der Waals surface area contributed by atoms with Crippen molar-refractivity contribution in [2.24, 2.45) is 0 Å². The SMILES string of the molecule is Cc1ccc(N)cc1C(=O)NCCc1cc(Cl)c2c(c1)OCCO2. The van der Waals surface area contributed by atoms with Gasteiger partial charge >= 0.3 is 0 Å². The average molecular weight is 347 g/mol. The first-order valence-electron chi connectivity index (χ1n) is 7.77. The number of hydrogen-bond donors (Lipinski definition) is 2. The van der Waals surface area contributed by atoms with Crippen LogP contribution in [0, 0.1) is 6.92 Å². The highest BCUT2D eigenvalue weighted by Crippen LogP contribution is 2.38. The zero-order chi connectivity index (χ0) is 17.1. The van der Waals surface area contributed by atoms with E-state index in [0.717, 1.165) is 11.1 Å². The quantitative estimate of drug-likeness (QED) is 0.835. The molecule has 0 radical (unpaired) electrons. The van der Waals surface area contributed by atoms with Gasteiger partial charge < -0.3 is 20.5 Å². The molecule has 0 unspecified atom stereocenters. The molecular formula is C18H19ClN2O3. The van der Waals surface area contributed by atoms with E-state index >= 15 is 0 Å². The Labute approximate surface area is 145 Å². The molecule has 3 N–H and O–H groups in total. The molecule has 0 saturated carbocycles. The van der Waals surface area contributed by atoms with E-state index in [1.165, 1.54) is 0 Å². The molecular weight excluding hydrogens is 328 g/mol. The summed E-state index contributed by atoms with van der Waals surface area (Å²) in [7, 11) is 0. The Morgan fingerprint density at radius 2 is 2.04 bits per heavy atom. The van der Waals surface area contributed by atoms with Crippen LogP contribution in [-0.4, -0.2) is 25.7 Å². The van der Waals surface area contributed by atoms with Gasteiger partial charge in [-0.25, -0.2) is 0 Å². The first kappa shape index (κ1) is 16.5. The van der Waals surface area contributed by atoms with Gasteiger partial charge in [0.15, 0.2) is 11.5 Å². The number of hydrogen-bond acceptors (Lipinski definition) is 4. The van der Waals surface area contributed by atoms with Crippen molar-refractivity contribution in [3.63, 3.8) is 0 Å². The van der Waals surface area contributed by atoms with Crippen LogP contribution >= 0.6 is 11.6 Å². The second-order valence-corrected chi connectivity index (χ2v) is 6.09. The van der Waals surface area contributed by atoms with E-state index in [0.29, 0.717) is 54.0 Å². The molecule has 5 nitrogen and oxygen atoms in total. The fourth-order valence-corrected chi connectivity index (χ4v) is 2.90. The third-order valence-corrected chi connectivity index (χ3v) is 4.14. The van der Waals surface area contributed by atoms with Crippen LogP contribution < -0.4 is 20.5 Å². The number of nitrogen functional groups attached to an aromatic ring is 1. The predicted octanol–water partition coefficient (Wildman–Crippen LogP) is 2.97. The Bertz CT molecular complexity index is 777. The van der Waals surface area contributed by atoms with Crippen molar-refractivity contribution in [2.75, 3.05) is 25.5 Å². The van der Waals surface area contributed by atoms with Gasteiger partial charge in [-0.2, -0.15) is 0 Å². The van der Waals surface area contributed by atoms with Crippen LogP contribution in [0.25, 0.3) is 0 Å². The van der Waals surface area contributed by atoms with Crippen molar-refractivity contribution in [1.29, 1.82) is 0 Å². The monoisotopic (exact) mass is 346 g/mol. The standard InChI is InChI=1S/C18H19ClN2O3/c1-11-2-3-13(20)10-14(11)18(22)21-5-4-12-8-15(19)17-16(9-12)23-6-7-24-17/h2-3,8-10H,4-7,20H2,1H3,(H,21,22). The minimum Gasteiger partial charge on any atom is -0.486 e. The third-order valence-electron chi connectivity index (χ3n) is 3.86. The Hall–Kier alpha value is -2.40. The Morgan fingerprint density at radius 1 is 1.25 bits per heavy atom. The number of nitrogens with two attached hydrogens (primary N) is 1. The Kier molecular flexibility index (Phi) is 4.81. The summed E-state index contributed by atoms with van der Waals surface area (Å²) < 4.78 is 11.1. The zero-order valence-corrected chi connectivity index (χ0v) is 14.2. The highest BCUT2D eigenvalue weighted by Gasteiger charge is 2.16. The number of aryl methyl sites for hydroxylation is 1. The summed E-state index contributed by atoms with van der Waals surface area (Å²) in [4.78, 5) is 12.3. The summed E-state index contributed by atoms with van der Waals surface area (Å²) in [5.41, 5.74) is 8.79. The van der Waals surface area contributed by atoms with Crippen molar-refractivity contribution in [2.45, 2.75) is 13.3 Å². The van der Waals surface area contributed by atoms with Crippen molar-refractivity contribution in [3.05, 3.63) is 52.0 Å². The van der Waals surface area contributed by atoms with Crippen molar-refractivity contribution < 1.29 is 14.3 Å². The maximum atomic E-state index is 12.3. The van der Waals surface area contributed by atoms with Crippen LogP contribution in [0.5, 0.6) is 11.5 Å². The topological polar surface area (TPSA) is 73.6 Å². The number of nitrogens with one attached hydrogen (secondary N) is 1. The molecule has 0 spiro atoms. The predicted molar refractivity (Wildman–Crippen MR) is 94.1 cm³/mol. The highest BCUT2D eigenvalue weighted by atomic mass is 35.5. The van der Waals surface area contributed by atoms with Gasteiger partial charge in [-0.1, -0.05) is 17.7 Å². The third kappa shape index (κ3) is 3.57. The number of benzene rings is 2. The van der Waals surface area contributed by atoms with Gasteiger partial charge in [0.05, 0.1) is 5.02 Å². The molecule has 0 saturated heterocycles. The molecule has 0 fully saturated rings. The van der Waals surface area contributed by atoms with Gasteiger partial charge in [-0.05, 0) is 48.7 Å². The number of rotatable bonds is 4. The van der Waals surface area contributed by atoms with Crippen molar-refractivity contribution in [1.82, 2.24) is 5.32 Å². The molecule has 1 heterocycles. The van der Waals surface area contributed by atoms with Gasteiger partial charge in [0.1, 0.15) is 13.2 Å². The van der Waals surface area contributed by atoms with Crippen molar-refractivity contribution >= 4 is 23.2 Å². The van der Waals surface area contributed by atoms with E-state index in [9.17, 15) is 4.79 Å². The highest BCUT2D eigenvalue weighted by molar-refractivity contribution is 6.32. The van der Waals surface area contributed by atoms with E-state index in [4.69, 9.17) is 26.8 Å². The summed E-state index contributed by atoms with van der Waals surface area (Å²) in [6.07, 6.45) is 0.642. The van der Waals surface area contributed by atoms with Crippen LogP contribution in [0.1, 0.15) is 21.5 Å².